The number of rotatable bonds is 5. The Morgan fingerprint density at radius 2 is 1.65 bits per heavy atom. The zero-order chi connectivity index (χ0) is 13.6. The first-order valence-electron chi connectivity index (χ1n) is 5.17. The number of aliphatic carboxylic acids is 1. The highest BCUT2D eigenvalue weighted by Gasteiger charge is 2.25. The number of urea groups is 1. The molecule has 0 rings (SSSR count). The maximum Gasteiger partial charge on any atom is 0.328 e. The van der Waals surface area contributed by atoms with Gasteiger partial charge in [-0.25, -0.2) is 9.59 Å². The fraction of sp³-hybridized carbons (Fsp3) is 0.700. The monoisotopic (exact) mass is 246 g/mol. The van der Waals surface area contributed by atoms with Gasteiger partial charge in [0.05, 0.1) is 7.11 Å². The number of carboxylic acid groups (broad SMARTS) is 1. The van der Waals surface area contributed by atoms with Crippen LogP contribution >= 0.6 is 0 Å². The molecular weight excluding hydrogens is 228 g/mol. The summed E-state index contributed by atoms with van der Waals surface area (Å²) in [7, 11) is 1.22. The van der Waals surface area contributed by atoms with E-state index < -0.39 is 30.1 Å². The zero-order valence-corrected chi connectivity index (χ0v) is 10.3. The lowest BCUT2D eigenvalue weighted by Crippen LogP contribution is -2.52. The van der Waals surface area contributed by atoms with E-state index >= 15 is 0 Å². The van der Waals surface area contributed by atoms with Crippen LogP contribution in [-0.2, 0) is 14.3 Å². The topological polar surface area (TPSA) is 105 Å². The molecule has 0 aromatic rings. The van der Waals surface area contributed by atoms with Crippen LogP contribution in [0.4, 0.5) is 4.79 Å². The Labute approximate surface area is 99.5 Å². The van der Waals surface area contributed by atoms with Gasteiger partial charge < -0.3 is 20.5 Å². The molecule has 0 aliphatic rings. The molecule has 7 nitrogen and oxygen atoms in total. The number of ether oxygens (including phenoxy) is 1. The average molecular weight is 246 g/mol. The van der Waals surface area contributed by atoms with Crippen molar-refractivity contribution in [1.82, 2.24) is 10.6 Å². The molecule has 0 saturated heterocycles. The van der Waals surface area contributed by atoms with Gasteiger partial charge in [-0.1, -0.05) is 13.8 Å². The minimum atomic E-state index is -1.15. The number of carbonyl (C=O) groups is 3. The van der Waals surface area contributed by atoms with Gasteiger partial charge in [-0.3, -0.25) is 4.79 Å². The standard InChI is InChI=1S/C10H18N2O5/c1-5(2)7(9(15)17-4)12-10(16)11-6(3)8(13)14/h5-7H,1-4H3,(H,13,14)(H2,11,12,16). The average Bonchev–Trinajstić information content (AvgIpc) is 2.24. The molecule has 0 saturated carbocycles. The summed E-state index contributed by atoms with van der Waals surface area (Å²) >= 11 is 0. The molecule has 98 valence electrons. The summed E-state index contributed by atoms with van der Waals surface area (Å²) < 4.78 is 4.53. The zero-order valence-electron chi connectivity index (χ0n) is 10.3. The molecule has 0 aliphatic carbocycles. The third kappa shape index (κ3) is 5.19. The maximum absolute atomic E-state index is 11.4. The molecule has 7 heteroatoms. The Balaban J connectivity index is 4.42. The van der Waals surface area contributed by atoms with E-state index in [4.69, 9.17) is 5.11 Å². The molecule has 0 aliphatic heterocycles. The molecule has 0 fully saturated rings. The Hall–Kier alpha value is -1.79. The van der Waals surface area contributed by atoms with E-state index in [0.29, 0.717) is 0 Å². The third-order valence-corrected chi connectivity index (χ3v) is 2.13. The number of amides is 2. The summed E-state index contributed by atoms with van der Waals surface area (Å²) in [6.07, 6.45) is 0. The lowest BCUT2D eigenvalue weighted by atomic mass is 10.1. The normalized spacial score (nSPS) is 13.7. The minimum Gasteiger partial charge on any atom is -0.480 e. The van der Waals surface area contributed by atoms with E-state index in [1.165, 1.54) is 14.0 Å². The molecule has 0 radical (unpaired) electrons. The smallest absolute Gasteiger partial charge is 0.328 e. The van der Waals surface area contributed by atoms with Crippen LogP contribution in [0.5, 0.6) is 0 Å². The van der Waals surface area contributed by atoms with Gasteiger partial charge >= 0.3 is 18.0 Å². The second-order valence-electron chi connectivity index (χ2n) is 3.92. The van der Waals surface area contributed by atoms with E-state index in [1.54, 1.807) is 13.8 Å². The van der Waals surface area contributed by atoms with Gasteiger partial charge in [-0.15, -0.1) is 0 Å². The summed E-state index contributed by atoms with van der Waals surface area (Å²) in [5.74, 6) is -1.88. The molecule has 0 aromatic heterocycles. The Kier molecular flexibility index (Phi) is 6.01. The molecule has 0 spiro atoms. The Morgan fingerprint density at radius 3 is 2.00 bits per heavy atom. The number of hydrogen-bond acceptors (Lipinski definition) is 4. The van der Waals surface area contributed by atoms with Crippen LogP contribution in [0.25, 0.3) is 0 Å². The Bertz CT molecular complexity index is 303. The van der Waals surface area contributed by atoms with Gasteiger partial charge in [0.15, 0.2) is 0 Å². The van der Waals surface area contributed by atoms with Crippen LogP contribution < -0.4 is 10.6 Å². The molecule has 0 bridgehead atoms. The second kappa shape index (κ2) is 6.72. The van der Waals surface area contributed by atoms with Crippen molar-refractivity contribution in [3.8, 4) is 0 Å². The highest BCUT2D eigenvalue weighted by molar-refractivity contribution is 5.86. The Morgan fingerprint density at radius 1 is 1.12 bits per heavy atom. The predicted molar refractivity (Wildman–Crippen MR) is 59.4 cm³/mol. The van der Waals surface area contributed by atoms with Gasteiger partial charge in [0.2, 0.25) is 0 Å². The molecule has 2 unspecified atom stereocenters. The van der Waals surface area contributed by atoms with Crippen LogP contribution in [0.15, 0.2) is 0 Å². The minimum absolute atomic E-state index is 0.159. The van der Waals surface area contributed by atoms with Crippen LogP contribution in [0.2, 0.25) is 0 Å². The van der Waals surface area contributed by atoms with E-state index in [-0.39, 0.29) is 5.92 Å². The van der Waals surface area contributed by atoms with E-state index in [1.807, 2.05) is 0 Å². The first-order chi connectivity index (χ1) is 7.79. The fourth-order valence-electron chi connectivity index (χ4n) is 1.07. The van der Waals surface area contributed by atoms with E-state index in [0.717, 1.165) is 0 Å². The fourth-order valence-corrected chi connectivity index (χ4v) is 1.07. The summed E-state index contributed by atoms with van der Waals surface area (Å²) in [5.41, 5.74) is 0. The number of nitrogens with one attached hydrogen (secondary N) is 2. The van der Waals surface area contributed by atoms with E-state index in [2.05, 4.69) is 15.4 Å². The molecular formula is C10H18N2O5. The molecule has 17 heavy (non-hydrogen) atoms. The molecule has 0 aromatic carbocycles. The van der Waals surface area contributed by atoms with Crippen molar-refractivity contribution in [2.45, 2.75) is 32.9 Å². The van der Waals surface area contributed by atoms with Gasteiger partial charge in [0.1, 0.15) is 12.1 Å². The summed E-state index contributed by atoms with van der Waals surface area (Å²) in [5, 5.41) is 13.1. The molecule has 2 amide bonds. The van der Waals surface area contributed by atoms with Gasteiger partial charge in [0, 0.05) is 0 Å². The van der Waals surface area contributed by atoms with Crippen molar-refractivity contribution in [1.29, 1.82) is 0 Å². The van der Waals surface area contributed by atoms with Crippen molar-refractivity contribution in [3.05, 3.63) is 0 Å². The first-order valence-corrected chi connectivity index (χ1v) is 5.17. The van der Waals surface area contributed by atoms with Crippen LogP contribution in [-0.4, -0.2) is 42.3 Å². The summed E-state index contributed by atoms with van der Waals surface area (Å²) in [6.45, 7) is 4.80. The van der Waals surface area contributed by atoms with Crippen molar-refractivity contribution in [3.63, 3.8) is 0 Å². The van der Waals surface area contributed by atoms with Crippen molar-refractivity contribution in [2.24, 2.45) is 5.92 Å². The summed E-state index contributed by atoms with van der Waals surface area (Å²) in [4.78, 5) is 33.2. The van der Waals surface area contributed by atoms with Crippen molar-refractivity contribution < 1.29 is 24.2 Å². The molecule has 3 N–H and O–H groups in total. The molecule has 2 atom stereocenters. The number of methoxy groups -OCH3 is 1. The lowest BCUT2D eigenvalue weighted by Gasteiger charge is -2.20. The van der Waals surface area contributed by atoms with Crippen LogP contribution in [0.1, 0.15) is 20.8 Å². The number of carboxylic acids is 1. The van der Waals surface area contributed by atoms with Crippen molar-refractivity contribution >= 4 is 18.0 Å². The first kappa shape index (κ1) is 15.2. The predicted octanol–water partition coefficient (Wildman–Crippen LogP) is -0.0437. The number of carbonyl (C=O) groups excluding carboxylic acids is 2. The largest absolute Gasteiger partial charge is 0.480 e. The van der Waals surface area contributed by atoms with Crippen LogP contribution in [0.3, 0.4) is 0 Å². The van der Waals surface area contributed by atoms with Crippen molar-refractivity contribution in [2.75, 3.05) is 7.11 Å². The lowest BCUT2D eigenvalue weighted by molar-refractivity contribution is -0.144. The third-order valence-electron chi connectivity index (χ3n) is 2.13. The number of esters is 1. The second-order valence-corrected chi connectivity index (χ2v) is 3.92. The SMILES string of the molecule is COC(=O)C(NC(=O)NC(C)C(=O)O)C(C)C. The van der Waals surface area contributed by atoms with E-state index in [9.17, 15) is 14.4 Å². The van der Waals surface area contributed by atoms with Gasteiger partial charge in [-0.05, 0) is 12.8 Å². The summed E-state index contributed by atoms with van der Waals surface area (Å²) in [6, 6.07) is -2.55. The highest BCUT2D eigenvalue weighted by atomic mass is 16.5. The van der Waals surface area contributed by atoms with Gasteiger partial charge in [-0.2, -0.15) is 0 Å². The quantitative estimate of drug-likeness (QED) is 0.590. The van der Waals surface area contributed by atoms with Crippen LogP contribution in [0, 0.1) is 5.92 Å². The van der Waals surface area contributed by atoms with Gasteiger partial charge in [0.25, 0.3) is 0 Å². The molecule has 0 heterocycles. The highest BCUT2D eigenvalue weighted by Crippen LogP contribution is 2.03. The maximum atomic E-state index is 11.4. The number of hydrogen-bond donors (Lipinski definition) is 3.